The van der Waals surface area contributed by atoms with Crippen molar-refractivity contribution in [2.75, 3.05) is 19.8 Å². The highest BCUT2D eigenvalue weighted by atomic mass is 16.5. The molecule has 1 aromatic heterocycles. The molecule has 1 aliphatic heterocycles. The summed E-state index contributed by atoms with van der Waals surface area (Å²) in [5.74, 6) is 1.68. The molecule has 0 spiro atoms. The molecule has 1 aliphatic rings. The number of nitrogens with one attached hydrogen (secondary N) is 1. The van der Waals surface area contributed by atoms with Crippen molar-refractivity contribution in [1.82, 2.24) is 10.3 Å². The third-order valence-corrected chi connectivity index (χ3v) is 2.80. The summed E-state index contributed by atoms with van der Waals surface area (Å²) in [4.78, 5) is 4.31. The highest BCUT2D eigenvalue weighted by Crippen LogP contribution is 2.25. The summed E-state index contributed by atoms with van der Waals surface area (Å²) >= 11 is 0. The van der Waals surface area contributed by atoms with Gasteiger partial charge < -0.3 is 14.5 Å². The standard InChI is InChI=1S/C11H18N2O2/c1-8-9(2)15-10(13-8)4-12-5-11(3)6-14-7-11/h12H,4-7H2,1-3H3. The fraction of sp³-hybridized carbons (Fsp3) is 0.727. The maximum Gasteiger partial charge on any atom is 0.208 e. The van der Waals surface area contributed by atoms with Crippen LogP contribution in [0.3, 0.4) is 0 Å². The first-order valence-electron chi connectivity index (χ1n) is 5.30. The lowest BCUT2D eigenvalue weighted by molar-refractivity contribution is -0.0993. The van der Waals surface area contributed by atoms with Gasteiger partial charge >= 0.3 is 0 Å². The molecule has 0 atom stereocenters. The molecule has 1 saturated heterocycles. The molecule has 1 aromatic rings. The van der Waals surface area contributed by atoms with E-state index in [1.54, 1.807) is 0 Å². The van der Waals surface area contributed by atoms with Crippen LogP contribution in [0.25, 0.3) is 0 Å². The molecule has 0 saturated carbocycles. The van der Waals surface area contributed by atoms with Crippen LogP contribution in [0, 0.1) is 19.3 Å². The normalized spacial score (nSPS) is 18.9. The average Bonchev–Trinajstić information content (AvgIpc) is 2.43. The summed E-state index contributed by atoms with van der Waals surface area (Å²) in [6.45, 7) is 9.47. The molecule has 0 radical (unpaired) electrons. The van der Waals surface area contributed by atoms with Crippen molar-refractivity contribution in [2.45, 2.75) is 27.3 Å². The zero-order chi connectivity index (χ0) is 10.9. The first kappa shape index (κ1) is 10.6. The SMILES string of the molecule is Cc1nc(CNCC2(C)COC2)oc1C. The summed E-state index contributed by atoms with van der Waals surface area (Å²) < 4.78 is 10.7. The Kier molecular flexibility index (Phi) is 2.80. The van der Waals surface area contributed by atoms with Crippen LogP contribution in [0.15, 0.2) is 4.42 Å². The number of rotatable bonds is 4. The van der Waals surface area contributed by atoms with Gasteiger partial charge in [0.15, 0.2) is 0 Å². The van der Waals surface area contributed by atoms with Crippen LogP contribution in [0.1, 0.15) is 24.3 Å². The number of aromatic nitrogens is 1. The third-order valence-electron chi connectivity index (χ3n) is 2.80. The van der Waals surface area contributed by atoms with E-state index >= 15 is 0 Å². The van der Waals surface area contributed by atoms with Crippen molar-refractivity contribution in [1.29, 1.82) is 0 Å². The van der Waals surface area contributed by atoms with Crippen molar-refractivity contribution in [3.63, 3.8) is 0 Å². The Balaban J connectivity index is 1.78. The van der Waals surface area contributed by atoms with Gasteiger partial charge in [0.05, 0.1) is 25.5 Å². The Morgan fingerprint density at radius 2 is 2.13 bits per heavy atom. The van der Waals surface area contributed by atoms with E-state index in [9.17, 15) is 0 Å². The molecule has 4 nitrogen and oxygen atoms in total. The average molecular weight is 210 g/mol. The third kappa shape index (κ3) is 2.38. The molecule has 0 aromatic carbocycles. The summed E-state index contributed by atoms with van der Waals surface area (Å²) in [5, 5.41) is 3.35. The van der Waals surface area contributed by atoms with E-state index in [1.807, 2.05) is 13.8 Å². The molecular weight excluding hydrogens is 192 g/mol. The Bertz CT molecular complexity index is 323. The van der Waals surface area contributed by atoms with Crippen molar-refractivity contribution in [3.05, 3.63) is 17.3 Å². The molecule has 0 bridgehead atoms. The highest BCUT2D eigenvalue weighted by molar-refractivity contribution is 5.05. The number of ether oxygens (including phenoxy) is 1. The first-order chi connectivity index (χ1) is 7.09. The lowest BCUT2D eigenvalue weighted by Crippen LogP contribution is -2.47. The molecule has 0 unspecified atom stereocenters. The summed E-state index contributed by atoms with van der Waals surface area (Å²) in [6, 6.07) is 0. The van der Waals surface area contributed by atoms with Crippen LogP contribution in [-0.2, 0) is 11.3 Å². The lowest BCUT2D eigenvalue weighted by atomic mass is 9.89. The molecule has 84 valence electrons. The fourth-order valence-corrected chi connectivity index (χ4v) is 1.64. The predicted octanol–water partition coefficient (Wildman–Crippen LogP) is 1.42. The number of hydrogen-bond donors (Lipinski definition) is 1. The first-order valence-corrected chi connectivity index (χ1v) is 5.30. The number of aryl methyl sites for hydroxylation is 2. The molecule has 4 heteroatoms. The minimum atomic E-state index is 0.302. The van der Waals surface area contributed by atoms with E-state index in [0.29, 0.717) is 12.0 Å². The smallest absolute Gasteiger partial charge is 0.208 e. The Morgan fingerprint density at radius 3 is 2.60 bits per heavy atom. The molecule has 2 rings (SSSR count). The molecule has 0 aliphatic carbocycles. The van der Waals surface area contributed by atoms with Crippen LogP contribution in [0.2, 0.25) is 0 Å². The van der Waals surface area contributed by atoms with Gasteiger partial charge in [-0.1, -0.05) is 6.92 Å². The molecule has 15 heavy (non-hydrogen) atoms. The second-order valence-electron chi connectivity index (χ2n) is 4.66. The van der Waals surface area contributed by atoms with Gasteiger partial charge in [-0.2, -0.15) is 0 Å². The predicted molar refractivity (Wildman–Crippen MR) is 56.6 cm³/mol. The van der Waals surface area contributed by atoms with Crippen LogP contribution in [-0.4, -0.2) is 24.7 Å². The summed E-state index contributed by atoms with van der Waals surface area (Å²) in [5.41, 5.74) is 1.28. The maximum atomic E-state index is 5.48. The zero-order valence-corrected chi connectivity index (χ0v) is 9.59. The molecular formula is C11H18N2O2. The second-order valence-corrected chi connectivity index (χ2v) is 4.66. The van der Waals surface area contributed by atoms with E-state index in [4.69, 9.17) is 9.15 Å². The number of nitrogens with zero attached hydrogens (tertiary/aromatic N) is 1. The van der Waals surface area contributed by atoms with Crippen LogP contribution in [0.5, 0.6) is 0 Å². The Labute approximate surface area is 90.0 Å². The lowest BCUT2D eigenvalue weighted by Gasteiger charge is -2.38. The fourth-order valence-electron chi connectivity index (χ4n) is 1.64. The van der Waals surface area contributed by atoms with Crippen molar-refractivity contribution in [3.8, 4) is 0 Å². The Morgan fingerprint density at radius 1 is 1.40 bits per heavy atom. The van der Waals surface area contributed by atoms with Crippen molar-refractivity contribution >= 4 is 0 Å². The summed E-state index contributed by atoms with van der Waals surface area (Å²) in [6.07, 6.45) is 0. The van der Waals surface area contributed by atoms with E-state index in [-0.39, 0.29) is 0 Å². The van der Waals surface area contributed by atoms with Crippen LogP contribution in [0.4, 0.5) is 0 Å². The monoisotopic (exact) mass is 210 g/mol. The highest BCUT2D eigenvalue weighted by Gasteiger charge is 2.32. The van der Waals surface area contributed by atoms with Crippen LogP contribution >= 0.6 is 0 Å². The van der Waals surface area contributed by atoms with Gasteiger partial charge in [-0.25, -0.2) is 4.98 Å². The van der Waals surface area contributed by atoms with Gasteiger partial charge in [-0.05, 0) is 13.8 Å². The van der Waals surface area contributed by atoms with Gasteiger partial charge in [-0.3, -0.25) is 0 Å². The van der Waals surface area contributed by atoms with Gasteiger partial charge in [0, 0.05) is 12.0 Å². The van der Waals surface area contributed by atoms with E-state index in [1.165, 1.54) is 0 Å². The van der Waals surface area contributed by atoms with E-state index < -0.39 is 0 Å². The van der Waals surface area contributed by atoms with Crippen molar-refractivity contribution in [2.24, 2.45) is 5.41 Å². The number of hydrogen-bond acceptors (Lipinski definition) is 4. The minimum Gasteiger partial charge on any atom is -0.444 e. The molecule has 1 fully saturated rings. The number of oxazole rings is 1. The van der Waals surface area contributed by atoms with E-state index in [2.05, 4.69) is 17.2 Å². The van der Waals surface area contributed by atoms with Gasteiger partial charge in [0.25, 0.3) is 0 Å². The van der Waals surface area contributed by atoms with E-state index in [0.717, 1.165) is 37.1 Å². The Hall–Kier alpha value is -0.870. The summed E-state index contributed by atoms with van der Waals surface area (Å²) in [7, 11) is 0. The zero-order valence-electron chi connectivity index (χ0n) is 9.59. The quantitative estimate of drug-likeness (QED) is 0.816. The minimum absolute atomic E-state index is 0.302. The van der Waals surface area contributed by atoms with Gasteiger partial charge in [0.2, 0.25) is 5.89 Å². The van der Waals surface area contributed by atoms with Crippen LogP contribution < -0.4 is 5.32 Å². The maximum absolute atomic E-state index is 5.48. The molecule has 1 N–H and O–H groups in total. The van der Waals surface area contributed by atoms with Crippen molar-refractivity contribution < 1.29 is 9.15 Å². The van der Waals surface area contributed by atoms with Gasteiger partial charge in [0.1, 0.15) is 5.76 Å². The van der Waals surface area contributed by atoms with Gasteiger partial charge in [-0.15, -0.1) is 0 Å². The topological polar surface area (TPSA) is 47.3 Å². The largest absolute Gasteiger partial charge is 0.444 e. The molecule has 0 amide bonds. The second kappa shape index (κ2) is 3.94. The molecule has 2 heterocycles.